The molecule has 0 bridgehead atoms. The van der Waals surface area contributed by atoms with Crippen molar-refractivity contribution in [3.63, 3.8) is 0 Å². The number of piperidine rings is 1. The second-order valence-electron chi connectivity index (χ2n) is 13.5. The smallest absolute Gasteiger partial charge is 0.408 e. The molecule has 0 radical (unpaired) electrons. The van der Waals surface area contributed by atoms with E-state index in [4.69, 9.17) is 24.5 Å². The summed E-state index contributed by atoms with van der Waals surface area (Å²) in [6.45, 7) is 10.2. The monoisotopic (exact) mass is 573 g/mol. The molecule has 5 heterocycles. The van der Waals surface area contributed by atoms with Gasteiger partial charge in [0.2, 0.25) is 0 Å². The average molecular weight is 574 g/mol. The number of carbonyl (C=O) groups is 1. The quantitative estimate of drug-likeness (QED) is 0.435. The summed E-state index contributed by atoms with van der Waals surface area (Å²) in [5.74, 6) is 1.82. The van der Waals surface area contributed by atoms with E-state index in [0.717, 1.165) is 94.1 Å². The van der Waals surface area contributed by atoms with Gasteiger partial charge in [-0.05, 0) is 83.3 Å². The number of hydrogen-bond donors (Lipinski definition) is 1. The first-order valence-electron chi connectivity index (χ1n) is 15.7. The van der Waals surface area contributed by atoms with Crippen molar-refractivity contribution in [2.75, 3.05) is 42.6 Å². The van der Waals surface area contributed by atoms with Crippen LogP contribution in [0.1, 0.15) is 89.1 Å². The number of aromatic nitrogens is 4. The lowest BCUT2D eigenvalue weighted by molar-refractivity contribution is -0.0368. The molecule has 3 aliphatic heterocycles. The molecule has 1 N–H and O–H groups in total. The van der Waals surface area contributed by atoms with E-state index in [-0.39, 0.29) is 23.8 Å². The third-order valence-corrected chi connectivity index (χ3v) is 9.47. The van der Waals surface area contributed by atoms with E-state index in [1.54, 1.807) is 0 Å². The summed E-state index contributed by atoms with van der Waals surface area (Å²) in [7, 11) is 0. The van der Waals surface area contributed by atoms with E-state index in [9.17, 15) is 4.79 Å². The Hall–Kier alpha value is -3.40. The molecular formula is C32H43N7O3. The van der Waals surface area contributed by atoms with Gasteiger partial charge < -0.3 is 24.6 Å². The summed E-state index contributed by atoms with van der Waals surface area (Å²) >= 11 is 0. The van der Waals surface area contributed by atoms with Crippen LogP contribution in [0.4, 0.5) is 16.4 Å². The summed E-state index contributed by atoms with van der Waals surface area (Å²) < 4.78 is 13.8. The van der Waals surface area contributed by atoms with Crippen molar-refractivity contribution in [1.82, 2.24) is 25.1 Å². The first-order valence-corrected chi connectivity index (χ1v) is 15.7. The second-order valence-corrected chi connectivity index (χ2v) is 13.5. The van der Waals surface area contributed by atoms with Gasteiger partial charge in [0.05, 0.1) is 12.2 Å². The van der Waals surface area contributed by atoms with Crippen LogP contribution in [0.2, 0.25) is 0 Å². The molecule has 2 atom stereocenters. The van der Waals surface area contributed by atoms with Gasteiger partial charge in [0.15, 0.2) is 23.2 Å². The highest BCUT2D eigenvalue weighted by molar-refractivity contribution is 5.85. The number of nitrogens with one attached hydrogen (secondary N) is 1. The van der Waals surface area contributed by atoms with Crippen molar-refractivity contribution < 1.29 is 14.3 Å². The van der Waals surface area contributed by atoms with Crippen LogP contribution in [-0.4, -0.2) is 64.2 Å². The summed E-state index contributed by atoms with van der Waals surface area (Å²) in [5, 5.41) is 8.31. The Bertz CT molecular complexity index is 1440. The number of benzene rings is 1. The predicted molar refractivity (Wildman–Crippen MR) is 162 cm³/mol. The van der Waals surface area contributed by atoms with Crippen molar-refractivity contribution in [3.8, 4) is 0 Å². The number of nitrogens with zero attached hydrogens (tertiary/aromatic N) is 6. The van der Waals surface area contributed by atoms with E-state index in [0.29, 0.717) is 0 Å². The first-order chi connectivity index (χ1) is 20.3. The van der Waals surface area contributed by atoms with Crippen LogP contribution in [0.15, 0.2) is 30.5 Å². The lowest BCUT2D eigenvalue weighted by Crippen LogP contribution is -2.48. The van der Waals surface area contributed by atoms with E-state index in [2.05, 4.69) is 39.4 Å². The highest BCUT2D eigenvalue weighted by Gasteiger charge is 2.49. The second kappa shape index (κ2) is 10.7. The van der Waals surface area contributed by atoms with Crippen LogP contribution >= 0.6 is 0 Å². The van der Waals surface area contributed by atoms with E-state index in [1.165, 1.54) is 24.0 Å². The Morgan fingerprint density at radius 3 is 2.57 bits per heavy atom. The standard InChI is InChI=1S/C32H43N7O3/c1-31(2,3)42-30(40)35-27-23-11-5-4-10-22(23)20-32(27)13-17-37(18-14-32)24-21-33-26-28(34-24)39(25-12-6-9-19-41-25)36-29(26)38-15-7-8-16-38/h4-5,10-11,21,25,27H,6-9,12-20H2,1-3H3,(H,35,40)/t25?,27-/m1/s1. The molecule has 3 aromatic rings. The minimum atomic E-state index is -0.542. The van der Waals surface area contributed by atoms with Crippen molar-refractivity contribution in [2.45, 2.75) is 90.0 Å². The van der Waals surface area contributed by atoms with E-state index < -0.39 is 5.60 Å². The molecule has 1 spiro atoms. The summed E-state index contributed by atoms with van der Waals surface area (Å²) in [4.78, 5) is 27.8. The van der Waals surface area contributed by atoms with Gasteiger partial charge >= 0.3 is 6.09 Å². The van der Waals surface area contributed by atoms with Crippen LogP contribution in [0, 0.1) is 5.41 Å². The Balaban J connectivity index is 1.15. The normalized spacial score (nSPS) is 23.9. The first kappa shape index (κ1) is 27.4. The molecule has 42 heavy (non-hydrogen) atoms. The molecule has 4 aliphatic rings. The lowest BCUT2D eigenvalue weighted by atomic mass is 9.72. The number of rotatable bonds is 4. The van der Waals surface area contributed by atoms with Gasteiger partial charge in [0, 0.05) is 38.2 Å². The fraction of sp³-hybridized carbons (Fsp3) is 0.625. The number of fused-ring (bicyclic) bond motifs is 2. The van der Waals surface area contributed by atoms with E-state index >= 15 is 0 Å². The van der Waals surface area contributed by atoms with E-state index in [1.807, 2.05) is 31.6 Å². The SMILES string of the molecule is CC(C)(C)OC(=O)N[C@@H]1c2ccccc2CC12CCN(c1cnc3c(N4CCCC4)nn(C4CCCCO4)c3n1)CC2. The van der Waals surface area contributed by atoms with Gasteiger partial charge in [0.25, 0.3) is 0 Å². The molecule has 1 amide bonds. The summed E-state index contributed by atoms with van der Waals surface area (Å²) in [6.07, 6.45) is 9.84. The minimum Gasteiger partial charge on any atom is -0.444 e. The van der Waals surface area contributed by atoms with Gasteiger partial charge in [-0.2, -0.15) is 0 Å². The van der Waals surface area contributed by atoms with Crippen molar-refractivity contribution >= 4 is 28.9 Å². The number of alkyl carbamates (subject to hydrolysis) is 1. The molecule has 2 aromatic heterocycles. The lowest BCUT2D eigenvalue weighted by Gasteiger charge is -2.43. The highest BCUT2D eigenvalue weighted by atomic mass is 16.6. The Labute approximate surface area is 247 Å². The van der Waals surface area contributed by atoms with Gasteiger partial charge in [0.1, 0.15) is 11.4 Å². The number of ether oxygens (including phenoxy) is 2. The summed E-state index contributed by atoms with van der Waals surface area (Å²) in [5.41, 5.74) is 3.62. The zero-order valence-corrected chi connectivity index (χ0v) is 25.1. The van der Waals surface area contributed by atoms with Crippen LogP contribution < -0.4 is 15.1 Å². The molecule has 3 saturated heterocycles. The predicted octanol–water partition coefficient (Wildman–Crippen LogP) is 5.53. The third kappa shape index (κ3) is 5.08. The zero-order chi connectivity index (χ0) is 28.9. The topological polar surface area (TPSA) is 97.6 Å². The third-order valence-electron chi connectivity index (χ3n) is 9.47. The molecule has 1 aliphatic carbocycles. The number of hydrogen-bond acceptors (Lipinski definition) is 8. The fourth-order valence-corrected chi connectivity index (χ4v) is 7.39. The Kier molecular flexibility index (Phi) is 6.99. The molecule has 10 heteroatoms. The van der Waals surface area contributed by atoms with Gasteiger partial charge in [-0.1, -0.05) is 24.3 Å². The zero-order valence-electron chi connectivity index (χ0n) is 25.1. The molecule has 10 nitrogen and oxygen atoms in total. The molecule has 3 fully saturated rings. The molecule has 7 rings (SSSR count). The molecule has 1 aromatic carbocycles. The maximum atomic E-state index is 12.9. The van der Waals surface area contributed by atoms with Crippen molar-refractivity contribution in [2.24, 2.45) is 5.41 Å². The van der Waals surface area contributed by atoms with Crippen LogP contribution in [-0.2, 0) is 15.9 Å². The van der Waals surface area contributed by atoms with Crippen molar-refractivity contribution in [3.05, 3.63) is 41.6 Å². The number of amides is 1. The maximum Gasteiger partial charge on any atom is 0.408 e. The van der Waals surface area contributed by atoms with Gasteiger partial charge in [-0.15, -0.1) is 5.10 Å². The molecule has 0 saturated carbocycles. The summed E-state index contributed by atoms with van der Waals surface area (Å²) in [6, 6.07) is 8.44. The fourth-order valence-electron chi connectivity index (χ4n) is 7.39. The number of anilines is 2. The average Bonchev–Trinajstić information content (AvgIpc) is 3.70. The molecular weight excluding hydrogens is 530 g/mol. The Morgan fingerprint density at radius 1 is 1.05 bits per heavy atom. The molecule has 224 valence electrons. The van der Waals surface area contributed by atoms with Gasteiger partial charge in [-0.3, -0.25) is 0 Å². The maximum absolute atomic E-state index is 12.9. The molecule has 1 unspecified atom stereocenters. The van der Waals surface area contributed by atoms with Crippen LogP contribution in [0.5, 0.6) is 0 Å². The van der Waals surface area contributed by atoms with Crippen molar-refractivity contribution in [1.29, 1.82) is 0 Å². The largest absolute Gasteiger partial charge is 0.444 e. The van der Waals surface area contributed by atoms with Crippen LogP contribution in [0.25, 0.3) is 11.2 Å². The van der Waals surface area contributed by atoms with Gasteiger partial charge in [-0.25, -0.2) is 19.4 Å². The minimum absolute atomic E-state index is 0.0603. The Morgan fingerprint density at radius 2 is 1.83 bits per heavy atom. The highest BCUT2D eigenvalue weighted by Crippen LogP contribution is 2.52. The van der Waals surface area contributed by atoms with Crippen LogP contribution in [0.3, 0.4) is 0 Å². The number of carbonyl (C=O) groups excluding carboxylic acids is 1.